The van der Waals surface area contributed by atoms with Crippen LogP contribution in [0.2, 0.25) is 0 Å². The minimum Gasteiger partial charge on any atom is -0.496 e. The molecule has 3 nitrogen and oxygen atoms in total. The van der Waals surface area contributed by atoms with Gasteiger partial charge in [-0.3, -0.25) is 0 Å². The van der Waals surface area contributed by atoms with Crippen LogP contribution in [0.25, 0.3) is 11.1 Å². The third-order valence-electron chi connectivity index (χ3n) is 2.58. The van der Waals surface area contributed by atoms with Gasteiger partial charge in [0.2, 0.25) is 0 Å². The molecule has 0 bridgehead atoms. The maximum absolute atomic E-state index is 5.63. The number of rotatable bonds is 3. The van der Waals surface area contributed by atoms with E-state index in [9.17, 15) is 0 Å². The molecule has 1 aromatic heterocycles. The summed E-state index contributed by atoms with van der Waals surface area (Å²) in [6.45, 7) is 2.44. The van der Waals surface area contributed by atoms with E-state index in [1.165, 1.54) is 5.56 Å². The van der Waals surface area contributed by atoms with Crippen molar-refractivity contribution in [3.63, 3.8) is 0 Å². The molecule has 0 amide bonds. The molecule has 0 aliphatic rings. The number of methoxy groups -OCH3 is 1. The van der Waals surface area contributed by atoms with Crippen LogP contribution >= 0.6 is 0 Å². The van der Waals surface area contributed by atoms with E-state index in [1.54, 1.807) is 13.4 Å². The first-order valence-corrected chi connectivity index (χ1v) is 5.17. The summed E-state index contributed by atoms with van der Waals surface area (Å²) in [5.41, 5.74) is 8.84. The Bertz CT molecular complexity index is 488. The largest absolute Gasteiger partial charge is 0.496 e. The zero-order valence-corrected chi connectivity index (χ0v) is 9.49. The van der Waals surface area contributed by atoms with E-state index in [0.29, 0.717) is 6.54 Å². The van der Waals surface area contributed by atoms with Gasteiger partial charge in [0.15, 0.2) is 0 Å². The molecule has 2 N–H and O–H groups in total. The highest BCUT2D eigenvalue weighted by atomic mass is 16.5. The van der Waals surface area contributed by atoms with Crippen LogP contribution in [0.3, 0.4) is 0 Å². The van der Waals surface area contributed by atoms with Crippen molar-refractivity contribution in [2.75, 3.05) is 7.11 Å². The predicted octanol–water partition coefficient (Wildman–Crippen LogP) is 2.72. The normalized spacial score (nSPS) is 10.4. The fourth-order valence-corrected chi connectivity index (χ4v) is 1.77. The first-order valence-electron chi connectivity index (χ1n) is 5.17. The second-order valence-electron chi connectivity index (χ2n) is 3.67. The van der Waals surface area contributed by atoms with Gasteiger partial charge >= 0.3 is 0 Å². The van der Waals surface area contributed by atoms with Crippen LogP contribution in [0.15, 0.2) is 34.9 Å². The number of nitrogens with two attached hydrogens (primary N) is 1. The minimum absolute atomic E-state index is 0.388. The summed E-state index contributed by atoms with van der Waals surface area (Å²) < 4.78 is 10.7. The summed E-state index contributed by atoms with van der Waals surface area (Å²) in [5, 5.41) is 0. The molecule has 1 heterocycles. The van der Waals surface area contributed by atoms with Crippen LogP contribution in [0.5, 0.6) is 5.75 Å². The second kappa shape index (κ2) is 4.41. The summed E-state index contributed by atoms with van der Waals surface area (Å²) in [4.78, 5) is 0. The standard InChI is InChI=1S/C13H15NO2/c1-9-3-4-12(15-2)11(7-9)10-5-6-16-13(10)8-14/h3-7H,8,14H2,1-2H3. The molecule has 0 saturated carbocycles. The van der Waals surface area contributed by atoms with E-state index < -0.39 is 0 Å². The van der Waals surface area contributed by atoms with Crippen molar-refractivity contribution in [2.45, 2.75) is 13.5 Å². The van der Waals surface area contributed by atoms with Gasteiger partial charge in [0.1, 0.15) is 11.5 Å². The van der Waals surface area contributed by atoms with E-state index >= 15 is 0 Å². The van der Waals surface area contributed by atoms with Gasteiger partial charge in [-0.2, -0.15) is 0 Å². The van der Waals surface area contributed by atoms with E-state index in [2.05, 4.69) is 6.07 Å². The smallest absolute Gasteiger partial charge is 0.126 e. The summed E-state index contributed by atoms with van der Waals surface area (Å²) in [7, 11) is 1.66. The Morgan fingerprint density at radius 2 is 2.06 bits per heavy atom. The van der Waals surface area contributed by atoms with Crippen LogP contribution in [-0.4, -0.2) is 7.11 Å². The van der Waals surface area contributed by atoms with Gasteiger partial charge in [0.05, 0.1) is 19.9 Å². The van der Waals surface area contributed by atoms with E-state index in [4.69, 9.17) is 14.9 Å². The first kappa shape index (κ1) is 10.8. The molecule has 0 unspecified atom stereocenters. The molecule has 2 aromatic rings. The SMILES string of the molecule is COc1ccc(C)cc1-c1ccoc1CN. The van der Waals surface area contributed by atoms with Gasteiger partial charge in [-0.05, 0) is 25.1 Å². The van der Waals surface area contributed by atoms with Crippen LogP contribution < -0.4 is 10.5 Å². The Hall–Kier alpha value is -1.74. The first-order chi connectivity index (χ1) is 7.76. The quantitative estimate of drug-likeness (QED) is 0.859. The molecular weight excluding hydrogens is 202 g/mol. The summed E-state index contributed by atoms with van der Waals surface area (Å²) in [6.07, 6.45) is 1.65. The lowest BCUT2D eigenvalue weighted by Gasteiger charge is -2.09. The van der Waals surface area contributed by atoms with Crippen molar-refractivity contribution in [2.24, 2.45) is 5.73 Å². The zero-order valence-electron chi connectivity index (χ0n) is 9.49. The Kier molecular flexibility index (Phi) is 2.97. The molecule has 0 spiro atoms. The van der Waals surface area contributed by atoms with Crippen molar-refractivity contribution in [3.8, 4) is 16.9 Å². The lowest BCUT2D eigenvalue weighted by molar-refractivity contribution is 0.416. The maximum Gasteiger partial charge on any atom is 0.126 e. The minimum atomic E-state index is 0.388. The third kappa shape index (κ3) is 1.82. The fraction of sp³-hybridized carbons (Fsp3) is 0.231. The molecule has 0 aliphatic heterocycles. The highest BCUT2D eigenvalue weighted by Crippen LogP contribution is 2.33. The van der Waals surface area contributed by atoms with E-state index in [0.717, 1.165) is 22.6 Å². The highest BCUT2D eigenvalue weighted by molar-refractivity contribution is 5.72. The van der Waals surface area contributed by atoms with Crippen LogP contribution in [0.1, 0.15) is 11.3 Å². The molecule has 3 heteroatoms. The van der Waals surface area contributed by atoms with Crippen molar-refractivity contribution in [1.82, 2.24) is 0 Å². The molecule has 0 fully saturated rings. The number of hydrogen-bond donors (Lipinski definition) is 1. The number of benzene rings is 1. The number of furan rings is 1. The predicted molar refractivity (Wildman–Crippen MR) is 63.3 cm³/mol. The Morgan fingerprint density at radius 3 is 2.75 bits per heavy atom. The summed E-state index contributed by atoms with van der Waals surface area (Å²) in [6, 6.07) is 7.96. The van der Waals surface area contributed by atoms with Gasteiger partial charge in [0.25, 0.3) is 0 Å². The molecule has 0 aliphatic carbocycles. The topological polar surface area (TPSA) is 48.4 Å². The van der Waals surface area contributed by atoms with Gasteiger partial charge in [-0.15, -0.1) is 0 Å². The number of aryl methyl sites for hydroxylation is 1. The Balaban J connectivity index is 2.58. The van der Waals surface area contributed by atoms with Gasteiger partial charge < -0.3 is 14.9 Å². The average Bonchev–Trinajstić information content (AvgIpc) is 2.76. The molecule has 2 rings (SSSR count). The van der Waals surface area contributed by atoms with E-state index in [1.807, 2.05) is 25.1 Å². The molecule has 16 heavy (non-hydrogen) atoms. The molecule has 1 aromatic carbocycles. The van der Waals surface area contributed by atoms with Gasteiger partial charge in [-0.25, -0.2) is 0 Å². The molecular formula is C13H15NO2. The van der Waals surface area contributed by atoms with Crippen molar-refractivity contribution in [1.29, 1.82) is 0 Å². The van der Waals surface area contributed by atoms with Crippen molar-refractivity contribution in [3.05, 3.63) is 41.9 Å². The molecule has 0 atom stereocenters. The monoisotopic (exact) mass is 217 g/mol. The van der Waals surface area contributed by atoms with Gasteiger partial charge in [-0.1, -0.05) is 11.6 Å². The lowest BCUT2D eigenvalue weighted by atomic mass is 10.0. The van der Waals surface area contributed by atoms with E-state index in [-0.39, 0.29) is 0 Å². The highest BCUT2D eigenvalue weighted by Gasteiger charge is 2.12. The van der Waals surface area contributed by atoms with Crippen LogP contribution in [0, 0.1) is 6.92 Å². The van der Waals surface area contributed by atoms with Crippen LogP contribution in [0.4, 0.5) is 0 Å². The molecule has 84 valence electrons. The number of ether oxygens (including phenoxy) is 1. The van der Waals surface area contributed by atoms with Crippen molar-refractivity contribution < 1.29 is 9.15 Å². The summed E-state index contributed by atoms with van der Waals surface area (Å²) in [5.74, 6) is 1.62. The molecule has 0 radical (unpaired) electrons. The molecule has 0 saturated heterocycles. The lowest BCUT2D eigenvalue weighted by Crippen LogP contribution is -1.97. The fourth-order valence-electron chi connectivity index (χ4n) is 1.77. The average molecular weight is 217 g/mol. The Labute approximate surface area is 94.8 Å². The Morgan fingerprint density at radius 1 is 1.25 bits per heavy atom. The number of hydrogen-bond acceptors (Lipinski definition) is 3. The summed E-state index contributed by atoms with van der Waals surface area (Å²) >= 11 is 0. The zero-order chi connectivity index (χ0) is 11.5. The van der Waals surface area contributed by atoms with Gasteiger partial charge in [0, 0.05) is 11.1 Å². The third-order valence-corrected chi connectivity index (χ3v) is 2.58. The van der Waals surface area contributed by atoms with Crippen LogP contribution in [-0.2, 0) is 6.54 Å². The van der Waals surface area contributed by atoms with Crippen molar-refractivity contribution >= 4 is 0 Å². The second-order valence-corrected chi connectivity index (χ2v) is 3.67. The maximum atomic E-state index is 5.63.